The number of hydrogen-bond donors (Lipinski definition) is 3. The molecular weight excluding hydrogens is 238 g/mol. The number of carbonyl (C=O) groups is 2. The lowest BCUT2D eigenvalue weighted by Crippen LogP contribution is -2.42. The molecule has 0 radical (unpaired) electrons. The predicted molar refractivity (Wildman–Crippen MR) is 64.1 cm³/mol. The van der Waals surface area contributed by atoms with Gasteiger partial charge in [-0.3, -0.25) is 9.59 Å². The van der Waals surface area contributed by atoms with Crippen molar-refractivity contribution in [2.45, 2.75) is 50.7 Å². The number of nitrogens with one attached hydrogen (secondary N) is 1. The number of rotatable bonds is 7. The van der Waals surface area contributed by atoms with Gasteiger partial charge in [-0.25, -0.2) is 0 Å². The van der Waals surface area contributed by atoms with E-state index in [1.807, 2.05) is 0 Å². The molecular formula is C12H21NO5. The molecule has 0 saturated carbocycles. The molecule has 0 spiro atoms. The van der Waals surface area contributed by atoms with Gasteiger partial charge in [0.1, 0.15) is 0 Å². The van der Waals surface area contributed by atoms with Gasteiger partial charge in [-0.1, -0.05) is 0 Å². The summed E-state index contributed by atoms with van der Waals surface area (Å²) >= 11 is 0. The normalized spacial score (nSPS) is 22.4. The number of carboxylic acids is 1. The summed E-state index contributed by atoms with van der Waals surface area (Å²) in [5.74, 6) is -1.27. The third kappa shape index (κ3) is 5.97. The molecule has 0 aromatic rings. The Labute approximate surface area is 106 Å². The highest BCUT2D eigenvalue weighted by atomic mass is 16.5. The zero-order valence-corrected chi connectivity index (χ0v) is 10.6. The first kappa shape index (κ1) is 14.9. The summed E-state index contributed by atoms with van der Waals surface area (Å²) in [6.45, 7) is 2.10. The Kier molecular flexibility index (Phi) is 5.55. The van der Waals surface area contributed by atoms with Crippen molar-refractivity contribution in [2.24, 2.45) is 0 Å². The first-order valence-corrected chi connectivity index (χ1v) is 6.21. The lowest BCUT2D eigenvalue weighted by atomic mass is 10.0. The van der Waals surface area contributed by atoms with E-state index in [1.54, 1.807) is 0 Å². The van der Waals surface area contributed by atoms with Crippen LogP contribution in [-0.2, 0) is 14.3 Å². The van der Waals surface area contributed by atoms with Crippen molar-refractivity contribution in [3.8, 4) is 0 Å². The molecule has 1 saturated heterocycles. The zero-order valence-electron chi connectivity index (χ0n) is 10.6. The Balaban J connectivity index is 2.17. The van der Waals surface area contributed by atoms with Crippen LogP contribution in [0, 0.1) is 0 Å². The SMILES string of the molecule is CC(O)(CNC(=O)CCC1CCCO1)CC(=O)O. The summed E-state index contributed by atoms with van der Waals surface area (Å²) in [6, 6.07) is 0. The first-order chi connectivity index (χ1) is 8.39. The van der Waals surface area contributed by atoms with Crippen LogP contribution in [0.2, 0.25) is 0 Å². The van der Waals surface area contributed by atoms with Gasteiger partial charge in [-0.15, -0.1) is 0 Å². The maximum atomic E-state index is 11.5. The Hall–Kier alpha value is -1.14. The molecule has 1 fully saturated rings. The lowest BCUT2D eigenvalue weighted by Gasteiger charge is -2.21. The smallest absolute Gasteiger partial charge is 0.306 e. The fourth-order valence-corrected chi connectivity index (χ4v) is 1.93. The molecule has 6 nitrogen and oxygen atoms in total. The Morgan fingerprint density at radius 3 is 2.78 bits per heavy atom. The van der Waals surface area contributed by atoms with Crippen LogP contribution in [0.15, 0.2) is 0 Å². The van der Waals surface area contributed by atoms with E-state index in [4.69, 9.17) is 9.84 Å². The summed E-state index contributed by atoms with van der Waals surface area (Å²) in [5, 5.41) is 20.8. The van der Waals surface area contributed by atoms with Gasteiger partial charge in [-0.2, -0.15) is 0 Å². The summed E-state index contributed by atoms with van der Waals surface area (Å²) in [5.41, 5.74) is -1.41. The summed E-state index contributed by atoms with van der Waals surface area (Å²) in [6.07, 6.45) is 2.82. The van der Waals surface area contributed by atoms with Gasteiger partial charge in [0, 0.05) is 19.6 Å². The number of carbonyl (C=O) groups excluding carboxylic acids is 1. The highest BCUT2D eigenvalue weighted by molar-refractivity contribution is 5.76. The van der Waals surface area contributed by atoms with E-state index in [9.17, 15) is 14.7 Å². The minimum Gasteiger partial charge on any atom is -0.481 e. The number of aliphatic carboxylic acids is 1. The quantitative estimate of drug-likeness (QED) is 0.610. The molecule has 18 heavy (non-hydrogen) atoms. The van der Waals surface area contributed by atoms with Gasteiger partial charge in [0.25, 0.3) is 0 Å². The van der Waals surface area contributed by atoms with E-state index in [2.05, 4.69) is 5.32 Å². The van der Waals surface area contributed by atoms with Gasteiger partial charge in [0.05, 0.1) is 18.1 Å². The van der Waals surface area contributed by atoms with Crippen LogP contribution in [0.4, 0.5) is 0 Å². The zero-order chi connectivity index (χ0) is 13.6. The number of amides is 1. The van der Waals surface area contributed by atoms with Crippen molar-refractivity contribution < 1.29 is 24.5 Å². The average Bonchev–Trinajstić information content (AvgIpc) is 2.74. The van der Waals surface area contributed by atoms with Crippen molar-refractivity contribution in [1.82, 2.24) is 5.32 Å². The first-order valence-electron chi connectivity index (χ1n) is 6.21. The summed E-state index contributed by atoms with van der Waals surface area (Å²) in [4.78, 5) is 22.0. The molecule has 6 heteroatoms. The molecule has 2 atom stereocenters. The fraction of sp³-hybridized carbons (Fsp3) is 0.833. The molecule has 0 aliphatic carbocycles. The molecule has 3 N–H and O–H groups in total. The Morgan fingerprint density at radius 2 is 2.22 bits per heavy atom. The number of hydrogen-bond acceptors (Lipinski definition) is 4. The van der Waals surface area contributed by atoms with Gasteiger partial charge in [-0.05, 0) is 26.2 Å². The molecule has 1 amide bonds. The highest BCUT2D eigenvalue weighted by Gasteiger charge is 2.25. The predicted octanol–water partition coefficient (Wildman–Crippen LogP) is 0.287. The van der Waals surface area contributed by atoms with Crippen LogP contribution in [0.25, 0.3) is 0 Å². The van der Waals surface area contributed by atoms with Crippen LogP contribution < -0.4 is 5.32 Å². The maximum absolute atomic E-state index is 11.5. The maximum Gasteiger partial charge on any atom is 0.306 e. The molecule has 1 heterocycles. The third-order valence-corrected chi connectivity index (χ3v) is 2.92. The van der Waals surface area contributed by atoms with E-state index in [-0.39, 0.29) is 25.0 Å². The second-order valence-electron chi connectivity index (χ2n) is 5.02. The second-order valence-corrected chi connectivity index (χ2v) is 5.02. The molecule has 1 aliphatic rings. The average molecular weight is 259 g/mol. The van der Waals surface area contributed by atoms with Crippen molar-refractivity contribution in [3.63, 3.8) is 0 Å². The summed E-state index contributed by atoms with van der Waals surface area (Å²) < 4.78 is 5.39. The summed E-state index contributed by atoms with van der Waals surface area (Å²) in [7, 11) is 0. The van der Waals surface area contributed by atoms with Crippen molar-refractivity contribution >= 4 is 11.9 Å². The number of aliphatic hydroxyl groups is 1. The number of carboxylic acid groups (broad SMARTS) is 1. The topological polar surface area (TPSA) is 95.9 Å². The third-order valence-electron chi connectivity index (χ3n) is 2.92. The van der Waals surface area contributed by atoms with E-state index in [0.717, 1.165) is 19.4 Å². The number of ether oxygens (including phenoxy) is 1. The molecule has 1 aliphatic heterocycles. The molecule has 1 rings (SSSR count). The van der Waals surface area contributed by atoms with Crippen LogP contribution in [0.1, 0.15) is 39.0 Å². The van der Waals surface area contributed by atoms with Gasteiger partial charge < -0.3 is 20.3 Å². The molecule has 2 unspecified atom stereocenters. The highest BCUT2D eigenvalue weighted by Crippen LogP contribution is 2.16. The second kappa shape index (κ2) is 6.70. The van der Waals surface area contributed by atoms with Crippen LogP contribution in [0.5, 0.6) is 0 Å². The van der Waals surface area contributed by atoms with Gasteiger partial charge in [0.15, 0.2) is 0 Å². The van der Waals surface area contributed by atoms with Crippen LogP contribution in [0.3, 0.4) is 0 Å². The molecule has 104 valence electrons. The van der Waals surface area contributed by atoms with Crippen LogP contribution in [-0.4, -0.2) is 46.9 Å². The van der Waals surface area contributed by atoms with E-state index in [0.29, 0.717) is 12.8 Å². The van der Waals surface area contributed by atoms with E-state index < -0.39 is 11.6 Å². The van der Waals surface area contributed by atoms with Gasteiger partial charge >= 0.3 is 5.97 Å². The van der Waals surface area contributed by atoms with Crippen molar-refractivity contribution in [1.29, 1.82) is 0 Å². The molecule has 0 aromatic heterocycles. The van der Waals surface area contributed by atoms with Crippen LogP contribution >= 0.6 is 0 Å². The monoisotopic (exact) mass is 259 g/mol. The van der Waals surface area contributed by atoms with Gasteiger partial charge in [0.2, 0.25) is 5.91 Å². The Morgan fingerprint density at radius 1 is 1.50 bits per heavy atom. The fourth-order valence-electron chi connectivity index (χ4n) is 1.93. The van der Waals surface area contributed by atoms with E-state index >= 15 is 0 Å². The van der Waals surface area contributed by atoms with E-state index in [1.165, 1.54) is 6.92 Å². The largest absolute Gasteiger partial charge is 0.481 e. The Bertz CT molecular complexity index is 297. The molecule has 0 aromatic carbocycles. The lowest BCUT2D eigenvalue weighted by molar-refractivity contribution is -0.142. The minimum absolute atomic E-state index is 0.0519. The van der Waals surface area contributed by atoms with Crippen molar-refractivity contribution in [3.05, 3.63) is 0 Å². The minimum atomic E-state index is -1.41. The van der Waals surface area contributed by atoms with Crippen molar-refractivity contribution in [2.75, 3.05) is 13.2 Å². The standard InChI is InChI=1S/C12H21NO5/c1-12(17,7-11(15)16)8-13-10(14)5-4-9-3-2-6-18-9/h9,17H,2-8H2,1H3,(H,13,14)(H,15,16). The molecule has 0 bridgehead atoms.